The molecule has 1 aromatic carbocycles. The molecule has 0 bridgehead atoms. The number of aryl methyl sites for hydroxylation is 1. The van der Waals surface area contributed by atoms with E-state index in [-0.39, 0.29) is 18.6 Å². The third-order valence-electron chi connectivity index (χ3n) is 3.66. The zero-order valence-corrected chi connectivity index (χ0v) is 14.1. The van der Waals surface area contributed by atoms with Gasteiger partial charge in [0.25, 0.3) is 0 Å². The molecule has 1 nitrogen and oxygen atoms in total. The second-order valence-electron chi connectivity index (χ2n) is 5.42. The Labute approximate surface area is 132 Å². The van der Waals surface area contributed by atoms with Gasteiger partial charge in [-0.25, -0.2) is 0 Å². The van der Waals surface area contributed by atoms with Gasteiger partial charge in [0, 0.05) is 0 Å². The van der Waals surface area contributed by atoms with Crippen LogP contribution < -0.4 is 6.15 Å². The molecule has 1 rings (SSSR count). The maximum Gasteiger partial charge on any atom is -0.0279 e. The van der Waals surface area contributed by atoms with E-state index in [1.54, 1.807) is 0 Å². The molecule has 118 valence electrons. The Morgan fingerprint density at radius 1 is 0.650 bits per heavy atom. The average molecular weight is 300 g/mol. The highest BCUT2D eigenvalue weighted by atomic mass is 35.5. The van der Waals surface area contributed by atoms with Crippen LogP contribution in [0.5, 0.6) is 0 Å². The van der Waals surface area contributed by atoms with Gasteiger partial charge in [-0.15, -0.1) is 12.4 Å². The van der Waals surface area contributed by atoms with E-state index >= 15 is 0 Å². The van der Waals surface area contributed by atoms with Crippen molar-refractivity contribution in [2.24, 2.45) is 0 Å². The van der Waals surface area contributed by atoms with Gasteiger partial charge in [-0.3, -0.25) is 0 Å². The molecule has 0 saturated carbocycles. The first kappa shape index (κ1) is 21.8. The first-order valence-corrected chi connectivity index (χ1v) is 7.97. The summed E-state index contributed by atoms with van der Waals surface area (Å²) in [5.41, 5.74) is 1.50. The van der Waals surface area contributed by atoms with Gasteiger partial charge in [-0.1, -0.05) is 95.0 Å². The number of benzene rings is 1. The van der Waals surface area contributed by atoms with Crippen LogP contribution in [0.4, 0.5) is 0 Å². The summed E-state index contributed by atoms with van der Waals surface area (Å²) in [5.74, 6) is 0. The van der Waals surface area contributed by atoms with E-state index in [0.717, 1.165) is 0 Å². The molecule has 20 heavy (non-hydrogen) atoms. The SMILES string of the molecule is CCCCCCCCCCCCc1ccccc1.Cl.N. The molecule has 0 aliphatic heterocycles. The molecule has 0 radical (unpaired) electrons. The van der Waals surface area contributed by atoms with Gasteiger partial charge >= 0.3 is 0 Å². The van der Waals surface area contributed by atoms with E-state index in [9.17, 15) is 0 Å². The monoisotopic (exact) mass is 299 g/mol. The molecule has 0 aromatic heterocycles. The summed E-state index contributed by atoms with van der Waals surface area (Å²) in [4.78, 5) is 0. The molecular weight excluding hydrogens is 266 g/mol. The summed E-state index contributed by atoms with van der Waals surface area (Å²) < 4.78 is 0. The fraction of sp³-hybridized carbons (Fsp3) is 0.667. The molecular formula is C18H34ClN. The fourth-order valence-corrected chi connectivity index (χ4v) is 2.46. The smallest absolute Gasteiger partial charge is 0.0279 e. The number of hydrogen-bond donors (Lipinski definition) is 1. The minimum Gasteiger partial charge on any atom is -0.344 e. The lowest BCUT2D eigenvalue weighted by molar-refractivity contribution is 0.556. The molecule has 0 atom stereocenters. The lowest BCUT2D eigenvalue weighted by atomic mass is 10.0. The van der Waals surface area contributed by atoms with Crippen molar-refractivity contribution in [3.05, 3.63) is 35.9 Å². The van der Waals surface area contributed by atoms with E-state index in [1.165, 1.54) is 76.2 Å². The Kier molecular flexibility index (Phi) is 18.0. The molecule has 0 amide bonds. The van der Waals surface area contributed by atoms with Crippen LogP contribution in [0.1, 0.15) is 76.7 Å². The fourth-order valence-electron chi connectivity index (χ4n) is 2.46. The van der Waals surface area contributed by atoms with E-state index in [2.05, 4.69) is 37.3 Å². The minimum atomic E-state index is 0. The Morgan fingerprint density at radius 3 is 1.60 bits per heavy atom. The quantitative estimate of drug-likeness (QED) is 0.451. The van der Waals surface area contributed by atoms with Crippen LogP contribution in [0.2, 0.25) is 0 Å². The number of rotatable bonds is 11. The van der Waals surface area contributed by atoms with Crippen LogP contribution in [-0.2, 0) is 6.42 Å². The van der Waals surface area contributed by atoms with Crippen molar-refractivity contribution in [3.8, 4) is 0 Å². The van der Waals surface area contributed by atoms with Gasteiger partial charge in [0.1, 0.15) is 0 Å². The third kappa shape index (κ3) is 12.5. The summed E-state index contributed by atoms with van der Waals surface area (Å²) in [6.07, 6.45) is 15.5. The second kappa shape index (κ2) is 16.5. The molecule has 3 N–H and O–H groups in total. The Morgan fingerprint density at radius 2 is 1.10 bits per heavy atom. The number of hydrogen-bond acceptors (Lipinski definition) is 1. The minimum absolute atomic E-state index is 0. The Hall–Kier alpha value is -0.530. The molecule has 0 heterocycles. The van der Waals surface area contributed by atoms with Crippen molar-refractivity contribution < 1.29 is 0 Å². The highest BCUT2D eigenvalue weighted by Gasteiger charge is 1.94. The molecule has 0 saturated heterocycles. The highest BCUT2D eigenvalue weighted by molar-refractivity contribution is 5.85. The maximum absolute atomic E-state index is 2.28. The van der Waals surface area contributed by atoms with Crippen molar-refractivity contribution in [1.29, 1.82) is 0 Å². The van der Waals surface area contributed by atoms with Crippen LogP contribution in [-0.4, -0.2) is 0 Å². The predicted octanol–water partition coefficient (Wildman–Crippen LogP) is 6.73. The van der Waals surface area contributed by atoms with Gasteiger partial charge in [-0.05, 0) is 18.4 Å². The van der Waals surface area contributed by atoms with Gasteiger partial charge in [-0.2, -0.15) is 0 Å². The highest BCUT2D eigenvalue weighted by Crippen LogP contribution is 2.12. The first-order chi connectivity index (χ1) is 8.93. The number of unbranched alkanes of at least 4 members (excludes halogenated alkanes) is 9. The standard InChI is InChI=1S/C18H30.ClH.H3N/c1-2-3-4-5-6-7-8-9-10-12-15-18-16-13-11-14-17-18;;/h11,13-14,16-17H,2-10,12,15H2,1H3;1H;1H3. The molecule has 0 unspecified atom stereocenters. The van der Waals surface area contributed by atoms with Gasteiger partial charge in [0.05, 0.1) is 0 Å². The second-order valence-corrected chi connectivity index (χ2v) is 5.42. The predicted molar refractivity (Wildman–Crippen MR) is 94.3 cm³/mol. The van der Waals surface area contributed by atoms with Crippen molar-refractivity contribution in [2.75, 3.05) is 0 Å². The van der Waals surface area contributed by atoms with Crippen LogP contribution in [0, 0.1) is 0 Å². The summed E-state index contributed by atoms with van der Waals surface area (Å²) in [6, 6.07) is 10.9. The summed E-state index contributed by atoms with van der Waals surface area (Å²) in [6.45, 7) is 2.28. The normalized spacial score (nSPS) is 9.65. The average Bonchev–Trinajstić information content (AvgIpc) is 2.42. The zero-order valence-electron chi connectivity index (χ0n) is 13.3. The van der Waals surface area contributed by atoms with Crippen molar-refractivity contribution in [2.45, 2.75) is 77.6 Å². The van der Waals surface area contributed by atoms with Gasteiger partial charge < -0.3 is 6.15 Å². The van der Waals surface area contributed by atoms with Crippen molar-refractivity contribution in [3.63, 3.8) is 0 Å². The van der Waals surface area contributed by atoms with Crippen LogP contribution >= 0.6 is 12.4 Å². The first-order valence-electron chi connectivity index (χ1n) is 7.97. The number of halogens is 1. The molecule has 2 heteroatoms. The Bertz CT molecular complexity index is 274. The molecule has 0 aliphatic rings. The lowest BCUT2D eigenvalue weighted by Crippen LogP contribution is -1.86. The molecule has 1 aromatic rings. The van der Waals surface area contributed by atoms with Crippen LogP contribution in [0.25, 0.3) is 0 Å². The summed E-state index contributed by atoms with van der Waals surface area (Å²) in [5, 5.41) is 0. The topological polar surface area (TPSA) is 35.0 Å². The maximum atomic E-state index is 2.28. The van der Waals surface area contributed by atoms with Crippen molar-refractivity contribution in [1.82, 2.24) is 6.15 Å². The summed E-state index contributed by atoms with van der Waals surface area (Å²) in [7, 11) is 0. The Balaban J connectivity index is 0. The zero-order chi connectivity index (χ0) is 12.9. The van der Waals surface area contributed by atoms with Crippen LogP contribution in [0.15, 0.2) is 30.3 Å². The van der Waals surface area contributed by atoms with Gasteiger partial charge in [0.15, 0.2) is 0 Å². The van der Waals surface area contributed by atoms with Crippen molar-refractivity contribution >= 4 is 12.4 Å². The molecule has 0 fully saturated rings. The van der Waals surface area contributed by atoms with Crippen LogP contribution in [0.3, 0.4) is 0 Å². The molecule has 0 aliphatic carbocycles. The summed E-state index contributed by atoms with van der Waals surface area (Å²) >= 11 is 0. The van der Waals surface area contributed by atoms with Gasteiger partial charge in [0.2, 0.25) is 0 Å². The van der Waals surface area contributed by atoms with E-state index in [0.29, 0.717) is 0 Å². The lowest BCUT2D eigenvalue weighted by Gasteiger charge is -2.03. The van der Waals surface area contributed by atoms with E-state index in [1.807, 2.05) is 0 Å². The third-order valence-corrected chi connectivity index (χ3v) is 3.66. The van der Waals surface area contributed by atoms with E-state index in [4.69, 9.17) is 0 Å². The largest absolute Gasteiger partial charge is 0.344 e. The molecule has 0 spiro atoms. The van der Waals surface area contributed by atoms with E-state index < -0.39 is 0 Å².